The lowest BCUT2D eigenvalue weighted by atomic mass is 10.2. The fraction of sp³-hybridized carbons (Fsp3) is 0.529. The van der Waals surface area contributed by atoms with Crippen LogP contribution in [-0.4, -0.2) is 37.9 Å². The second kappa shape index (κ2) is 9.33. The summed E-state index contributed by atoms with van der Waals surface area (Å²) in [4.78, 5) is 22.9. The maximum atomic E-state index is 11.9. The van der Waals surface area contributed by atoms with E-state index in [9.17, 15) is 9.59 Å². The van der Waals surface area contributed by atoms with Gasteiger partial charge in [0.05, 0.1) is 5.56 Å². The number of carbonyl (C=O) groups is 2. The van der Waals surface area contributed by atoms with Crippen molar-refractivity contribution in [3.8, 4) is 0 Å². The first-order valence-electron chi connectivity index (χ1n) is 7.74. The number of carbonyl (C=O) groups excluding carboxylic acids is 2. The van der Waals surface area contributed by atoms with Crippen LogP contribution in [0.2, 0.25) is 0 Å². The van der Waals surface area contributed by atoms with Gasteiger partial charge in [-0.05, 0) is 44.2 Å². The maximum Gasteiger partial charge on any atom is 0.338 e. The van der Waals surface area contributed by atoms with E-state index in [0.29, 0.717) is 31.3 Å². The molecule has 1 heterocycles. The van der Waals surface area contributed by atoms with Crippen LogP contribution in [0, 0.1) is 0 Å². The molecule has 0 aliphatic carbocycles. The normalized spacial score (nSPS) is 19.4. The summed E-state index contributed by atoms with van der Waals surface area (Å²) in [5, 5.41) is 0. The second-order valence-electron chi connectivity index (χ2n) is 5.26. The topological polar surface area (TPSA) is 61.8 Å². The van der Waals surface area contributed by atoms with Crippen LogP contribution in [0.15, 0.2) is 30.3 Å². The van der Waals surface area contributed by atoms with E-state index in [1.54, 1.807) is 24.3 Å². The minimum atomic E-state index is -0.733. The van der Waals surface area contributed by atoms with E-state index in [0.717, 1.165) is 25.9 Å². The first kappa shape index (κ1) is 16.6. The molecule has 1 saturated heterocycles. The van der Waals surface area contributed by atoms with Crippen molar-refractivity contribution < 1.29 is 23.8 Å². The highest BCUT2D eigenvalue weighted by molar-refractivity contribution is 5.90. The standard InChI is InChI=1S/C17H22O5/c18-13-15(22-17(19)14-7-2-1-3-8-14)9-6-12-21-16-10-4-5-11-20-16/h1-3,7-8,13,15-16H,4-6,9-12H2/t15-,16?/m1/s1. The second-order valence-corrected chi connectivity index (χ2v) is 5.26. The van der Waals surface area contributed by atoms with E-state index >= 15 is 0 Å². The molecule has 2 rings (SSSR count). The van der Waals surface area contributed by atoms with E-state index < -0.39 is 12.1 Å². The summed E-state index contributed by atoms with van der Waals surface area (Å²) < 4.78 is 16.2. The Kier molecular flexibility index (Phi) is 7.06. The Balaban J connectivity index is 1.66. The molecule has 1 aliphatic heterocycles. The zero-order valence-electron chi connectivity index (χ0n) is 12.6. The lowest BCUT2D eigenvalue weighted by Crippen LogP contribution is -2.24. The van der Waals surface area contributed by atoms with E-state index in [-0.39, 0.29) is 6.29 Å². The molecular weight excluding hydrogens is 284 g/mol. The van der Waals surface area contributed by atoms with Crippen molar-refractivity contribution in [2.24, 2.45) is 0 Å². The number of benzene rings is 1. The molecule has 22 heavy (non-hydrogen) atoms. The molecule has 1 aromatic rings. The van der Waals surface area contributed by atoms with Crippen LogP contribution in [0.1, 0.15) is 42.5 Å². The molecule has 0 aromatic heterocycles. The van der Waals surface area contributed by atoms with Gasteiger partial charge < -0.3 is 14.2 Å². The van der Waals surface area contributed by atoms with Gasteiger partial charge in [-0.15, -0.1) is 0 Å². The highest BCUT2D eigenvalue weighted by atomic mass is 16.7. The van der Waals surface area contributed by atoms with Crippen molar-refractivity contribution >= 4 is 12.3 Å². The third kappa shape index (κ3) is 5.58. The molecular formula is C17H22O5. The van der Waals surface area contributed by atoms with E-state index in [2.05, 4.69) is 0 Å². The third-order valence-corrected chi connectivity index (χ3v) is 3.49. The minimum absolute atomic E-state index is 0.129. The molecule has 0 spiro atoms. The molecule has 0 N–H and O–H groups in total. The maximum absolute atomic E-state index is 11.9. The molecule has 5 nitrogen and oxygen atoms in total. The SMILES string of the molecule is O=C[C@@H](CCCOC1CCCCO1)OC(=O)c1ccccc1. The number of rotatable bonds is 8. The van der Waals surface area contributed by atoms with E-state index in [4.69, 9.17) is 14.2 Å². The Bertz CT molecular complexity index is 453. The average Bonchev–Trinajstić information content (AvgIpc) is 2.59. The molecule has 0 amide bonds. The first-order valence-corrected chi connectivity index (χ1v) is 7.74. The zero-order valence-corrected chi connectivity index (χ0v) is 12.6. The monoisotopic (exact) mass is 306 g/mol. The predicted octanol–water partition coefficient (Wildman–Crippen LogP) is 2.73. The minimum Gasteiger partial charge on any atom is -0.451 e. The Hall–Kier alpha value is -1.72. The highest BCUT2D eigenvalue weighted by Gasteiger charge is 2.16. The van der Waals surface area contributed by atoms with Gasteiger partial charge in [0.1, 0.15) is 0 Å². The summed E-state index contributed by atoms with van der Waals surface area (Å²) in [6.45, 7) is 1.24. The van der Waals surface area contributed by atoms with Gasteiger partial charge in [-0.25, -0.2) is 4.79 Å². The number of aldehydes is 1. The van der Waals surface area contributed by atoms with Crippen LogP contribution in [0.5, 0.6) is 0 Å². The predicted molar refractivity (Wildman–Crippen MR) is 80.5 cm³/mol. The summed E-state index contributed by atoms with van der Waals surface area (Å²) in [6.07, 6.45) is 4.02. The Labute approximate surface area is 130 Å². The number of esters is 1. The van der Waals surface area contributed by atoms with Crippen molar-refractivity contribution in [2.45, 2.75) is 44.5 Å². The van der Waals surface area contributed by atoms with Crippen molar-refractivity contribution in [1.82, 2.24) is 0 Å². The lowest BCUT2D eigenvalue weighted by Gasteiger charge is -2.22. The molecule has 1 aliphatic rings. The molecule has 1 aromatic carbocycles. The Morgan fingerprint density at radius 2 is 2.14 bits per heavy atom. The van der Waals surface area contributed by atoms with Crippen LogP contribution >= 0.6 is 0 Å². The van der Waals surface area contributed by atoms with Gasteiger partial charge >= 0.3 is 5.97 Å². The zero-order chi connectivity index (χ0) is 15.6. The van der Waals surface area contributed by atoms with Crippen LogP contribution in [0.4, 0.5) is 0 Å². The quantitative estimate of drug-likeness (QED) is 0.420. The third-order valence-electron chi connectivity index (χ3n) is 3.49. The molecule has 2 atom stereocenters. The summed E-state index contributed by atoms with van der Waals surface area (Å²) in [5.74, 6) is -0.478. The molecule has 1 unspecified atom stereocenters. The van der Waals surface area contributed by atoms with E-state index in [1.165, 1.54) is 0 Å². The van der Waals surface area contributed by atoms with Crippen LogP contribution in [0.25, 0.3) is 0 Å². The summed E-state index contributed by atoms with van der Waals surface area (Å²) >= 11 is 0. The van der Waals surface area contributed by atoms with Gasteiger partial charge in [0.15, 0.2) is 18.7 Å². The number of hydrogen-bond acceptors (Lipinski definition) is 5. The highest BCUT2D eigenvalue weighted by Crippen LogP contribution is 2.14. The van der Waals surface area contributed by atoms with Crippen molar-refractivity contribution in [1.29, 1.82) is 0 Å². The number of hydrogen-bond donors (Lipinski definition) is 0. The smallest absolute Gasteiger partial charge is 0.338 e. The molecule has 0 bridgehead atoms. The largest absolute Gasteiger partial charge is 0.451 e. The summed E-state index contributed by atoms with van der Waals surface area (Å²) in [7, 11) is 0. The Morgan fingerprint density at radius 3 is 2.82 bits per heavy atom. The molecule has 0 radical (unpaired) electrons. The molecule has 120 valence electrons. The number of ether oxygens (including phenoxy) is 3. The van der Waals surface area contributed by atoms with Gasteiger partial charge in [0, 0.05) is 13.2 Å². The Morgan fingerprint density at radius 1 is 1.32 bits per heavy atom. The lowest BCUT2D eigenvalue weighted by molar-refractivity contribution is -0.163. The van der Waals surface area contributed by atoms with Crippen LogP contribution in [0.3, 0.4) is 0 Å². The summed E-state index contributed by atoms with van der Waals surface area (Å²) in [5.41, 5.74) is 0.446. The van der Waals surface area contributed by atoms with Crippen molar-refractivity contribution in [3.63, 3.8) is 0 Å². The average molecular weight is 306 g/mol. The first-order chi connectivity index (χ1) is 10.8. The van der Waals surface area contributed by atoms with Crippen molar-refractivity contribution in [3.05, 3.63) is 35.9 Å². The van der Waals surface area contributed by atoms with Gasteiger partial charge in [0.2, 0.25) is 0 Å². The molecule has 5 heteroatoms. The van der Waals surface area contributed by atoms with Gasteiger partial charge in [-0.1, -0.05) is 18.2 Å². The van der Waals surface area contributed by atoms with E-state index in [1.807, 2.05) is 6.07 Å². The van der Waals surface area contributed by atoms with Crippen LogP contribution in [-0.2, 0) is 19.0 Å². The van der Waals surface area contributed by atoms with Gasteiger partial charge in [-0.2, -0.15) is 0 Å². The fourth-order valence-electron chi connectivity index (χ4n) is 2.28. The molecule has 1 fully saturated rings. The van der Waals surface area contributed by atoms with Crippen LogP contribution < -0.4 is 0 Å². The summed E-state index contributed by atoms with van der Waals surface area (Å²) in [6, 6.07) is 8.65. The van der Waals surface area contributed by atoms with Crippen molar-refractivity contribution in [2.75, 3.05) is 13.2 Å². The molecule has 0 saturated carbocycles. The van der Waals surface area contributed by atoms with Gasteiger partial charge in [-0.3, -0.25) is 4.79 Å². The fourth-order valence-corrected chi connectivity index (χ4v) is 2.28. The van der Waals surface area contributed by atoms with Gasteiger partial charge in [0.25, 0.3) is 0 Å².